The first kappa shape index (κ1) is 25.2. The van der Waals surface area contributed by atoms with Crippen LogP contribution in [0.1, 0.15) is 29.4 Å². The molecule has 2 N–H and O–H groups in total. The number of aldehydes is 2. The minimum Gasteiger partial charge on any atom is -0.350 e. The van der Waals surface area contributed by atoms with E-state index in [0.29, 0.717) is 29.6 Å². The molecule has 4 rings (SSSR count). The van der Waals surface area contributed by atoms with Gasteiger partial charge in [-0.1, -0.05) is 25.1 Å². The number of hydrogen-bond donors (Lipinski definition) is 2. The average Bonchev–Trinajstić information content (AvgIpc) is 3.45. The predicted molar refractivity (Wildman–Crippen MR) is 126 cm³/mol. The van der Waals surface area contributed by atoms with Crippen molar-refractivity contribution in [3.05, 3.63) is 59.8 Å². The van der Waals surface area contributed by atoms with Gasteiger partial charge < -0.3 is 20.0 Å². The monoisotopic (exact) mass is 441 g/mol. The Balaban J connectivity index is 0.000000235. The number of H-pyrrole nitrogens is 1. The van der Waals surface area contributed by atoms with Crippen molar-refractivity contribution in [1.82, 2.24) is 25.0 Å². The lowest BCUT2D eigenvalue weighted by Crippen LogP contribution is -2.25. The van der Waals surface area contributed by atoms with Crippen LogP contribution in [0.3, 0.4) is 0 Å². The number of aromatic nitrogens is 3. The van der Waals surface area contributed by atoms with Crippen LogP contribution in [0.15, 0.2) is 42.7 Å². The predicted octanol–water partition coefficient (Wildman–Crippen LogP) is 3.39. The first-order valence-corrected chi connectivity index (χ1v) is 10.6. The summed E-state index contributed by atoms with van der Waals surface area (Å²) in [6.45, 7) is 4.31. The van der Waals surface area contributed by atoms with Crippen molar-refractivity contribution in [3.63, 3.8) is 0 Å². The van der Waals surface area contributed by atoms with Gasteiger partial charge in [-0.2, -0.15) is 5.10 Å². The number of nitrogens with one attached hydrogen (secondary N) is 2. The van der Waals surface area contributed by atoms with Gasteiger partial charge in [-0.3, -0.25) is 9.48 Å². The Kier molecular flexibility index (Phi) is 9.97. The van der Waals surface area contributed by atoms with E-state index < -0.39 is 0 Å². The summed E-state index contributed by atoms with van der Waals surface area (Å²) >= 11 is 0. The van der Waals surface area contributed by atoms with Gasteiger partial charge in [-0.25, -0.2) is 4.39 Å². The molecule has 8 heteroatoms. The Morgan fingerprint density at radius 2 is 2.06 bits per heavy atom. The van der Waals surface area contributed by atoms with E-state index in [0.717, 1.165) is 36.8 Å². The maximum Gasteiger partial charge on any atom is 0.166 e. The third kappa shape index (κ3) is 6.96. The van der Waals surface area contributed by atoms with Crippen molar-refractivity contribution in [2.24, 2.45) is 5.92 Å². The van der Waals surface area contributed by atoms with Crippen molar-refractivity contribution in [2.75, 3.05) is 34.2 Å². The minimum absolute atomic E-state index is 0.0555. The van der Waals surface area contributed by atoms with Crippen molar-refractivity contribution in [3.8, 4) is 0 Å². The zero-order chi connectivity index (χ0) is 23.5. The van der Waals surface area contributed by atoms with Crippen molar-refractivity contribution in [1.29, 1.82) is 0 Å². The lowest BCUT2D eigenvalue weighted by Gasteiger charge is -2.23. The molecule has 172 valence electrons. The molecule has 1 atom stereocenters. The average molecular weight is 442 g/mol. The Bertz CT molecular complexity index is 1030. The maximum absolute atomic E-state index is 14.5. The van der Waals surface area contributed by atoms with Crippen molar-refractivity contribution < 1.29 is 14.0 Å². The Labute approximate surface area is 188 Å². The topological polar surface area (TPSA) is 83.0 Å². The number of likely N-dealkylation sites (N-methyl/N-ethyl adjacent to an activating group) is 1. The SMILES string of the molecule is CC(C=O)Cn1cccn1.CN1CCC=C(c2ccc3cc(C=O)[nH]c3c2F)C1.CNC. The van der Waals surface area contributed by atoms with E-state index in [2.05, 4.69) is 26.4 Å². The van der Waals surface area contributed by atoms with Crippen LogP contribution < -0.4 is 5.32 Å². The molecule has 3 aromatic rings. The van der Waals surface area contributed by atoms with Crippen molar-refractivity contribution in [2.45, 2.75) is 19.9 Å². The third-order valence-electron chi connectivity index (χ3n) is 4.84. The second-order valence-corrected chi connectivity index (χ2v) is 7.83. The van der Waals surface area contributed by atoms with Gasteiger partial charge in [-0.15, -0.1) is 0 Å². The fourth-order valence-electron chi connectivity index (χ4n) is 3.33. The van der Waals surface area contributed by atoms with Crippen LogP contribution in [0.25, 0.3) is 16.5 Å². The summed E-state index contributed by atoms with van der Waals surface area (Å²) in [5.41, 5.74) is 2.45. The quantitative estimate of drug-likeness (QED) is 0.593. The van der Waals surface area contributed by atoms with E-state index in [4.69, 9.17) is 0 Å². The minimum atomic E-state index is -0.271. The van der Waals surface area contributed by atoms with Crippen LogP contribution in [-0.4, -0.2) is 66.5 Å². The van der Waals surface area contributed by atoms with Crippen molar-refractivity contribution >= 4 is 29.0 Å². The highest BCUT2D eigenvalue weighted by Crippen LogP contribution is 2.28. The molecule has 0 radical (unpaired) electrons. The molecule has 0 spiro atoms. The molecule has 1 unspecified atom stereocenters. The Morgan fingerprint density at radius 1 is 1.31 bits per heavy atom. The normalized spacial score (nSPS) is 14.5. The summed E-state index contributed by atoms with van der Waals surface area (Å²) in [7, 11) is 5.78. The van der Waals surface area contributed by atoms with Crippen LogP contribution in [-0.2, 0) is 11.3 Å². The van der Waals surface area contributed by atoms with Gasteiger partial charge in [0.15, 0.2) is 12.1 Å². The molecule has 1 aromatic carbocycles. The molecule has 0 amide bonds. The largest absolute Gasteiger partial charge is 0.350 e. The van der Waals surface area contributed by atoms with Gasteiger partial charge in [0.05, 0.1) is 17.8 Å². The van der Waals surface area contributed by atoms with Crippen LogP contribution in [0.5, 0.6) is 0 Å². The van der Waals surface area contributed by atoms with E-state index >= 15 is 0 Å². The number of rotatable bonds is 5. The lowest BCUT2D eigenvalue weighted by molar-refractivity contribution is -0.111. The second kappa shape index (κ2) is 12.7. The summed E-state index contributed by atoms with van der Waals surface area (Å²) < 4.78 is 16.3. The molecule has 7 nitrogen and oxygen atoms in total. The third-order valence-corrected chi connectivity index (χ3v) is 4.84. The van der Waals surface area contributed by atoms with Gasteiger partial charge in [-0.05, 0) is 45.3 Å². The number of nitrogens with zero attached hydrogens (tertiary/aromatic N) is 3. The van der Waals surface area contributed by atoms with Gasteiger partial charge in [0.1, 0.15) is 6.29 Å². The van der Waals surface area contributed by atoms with Crippen LogP contribution >= 0.6 is 0 Å². The summed E-state index contributed by atoms with van der Waals surface area (Å²) in [6, 6.07) is 7.16. The summed E-state index contributed by atoms with van der Waals surface area (Å²) in [6.07, 6.45) is 8.22. The highest BCUT2D eigenvalue weighted by atomic mass is 19.1. The Hall–Kier alpha value is -3.10. The molecule has 0 fully saturated rings. The highest BCUT2D eigenvalue weighted by molar-refractivity contribution is 5.90. The molecule has 1 aliphatic heterocycles. The van der Waals surface area contributed by atoms with Crippen LogP contribution in [0.4, 0.5) is 4.39 Å². The van der Waals surface area contributed by atoms with Crippen LogP contribution in [0, 0.1) is 11.7 Å². The number of carbonyl (C=O) groups excluding carboxylic acids is 2. The molecule has 1 aliphatic rings. The second-order valence-electron chi connectivity index (χ2n) is 7.83. The first-order valence-electron chi connectivity index (χ1n) is 10.6. The Morgan fingerprint density at radius 3 is 2.66 bits per heavy atom. The molecule has 0 saturated carbocycles. The molecule has 0 bridgehead atoms. The number of benzene rings is 1. The molecule has 0 aliphatic carbocycles. The highest BCUT2D eigenvalue weighted by Gasteiger charge is 2.16. The maximum atomic E-state index is 14.5. The van der Waals surface area contributed by atoms with Gasteiger partial charge >= 0.3 is 0 Å². The first-order chi connectivity index (χ1) is 15.4. The molecular formula is C24H32FN5O2. The zero-order valence-electron chi connectivity index (χ0n) is 19.1. The number of halogens is 1. The number of aromatic amines is 1. The number of fused-ring (bicyclic) bond motifs is 1. The van der Waals surface area contributed by atoms with Gasteiger partial charge in [0.2, 0.25) is 0 Å². The summed E-state index contributed by atoms with van der Waals surface area (Å²) in [4.78, 5) is 25.9. The van der Waals surface area contributed by atoms with Crippen LogP contribution in [0.2, 0.25) is 0 Å². The molecule has 3 heterocycles. The number of carbonyl (C=O) groups is 2. The fourth-order valence-corrected chi connectivity index (χ4v) is 3.33. The van der Waals surface area contributed by atoms with Gasteiger partial charge in [0, 0.05) is 42.4 Å². The zero-order valence-corrected chi connectivity index (χ0v) is 19.1. The standard InChI is InChI=1S/C15H15FN2O.C7H10N2O.C2H7N/c1-18-6-2-3-11(8-18)13-5-4-10-7-12(9-19)17-15(10)14(13)16;1-7(6-10)5-9-4-2-3-8-9;1-3-2/h3-5,7,9,17H,2,6,8H2,1H3;2-4,6-7H,5H2,1H3;3H,1-2H3. The summed E-state index contributed by atoms with van der Waals surface area (Å²) in [5, 5.41) is 7.44. The van der Waals surface area contributed by atoms with Gasteiger partial charge in [0.25, 0.3) is 0 Å². The molecule has 0 saturated heterocycles. The van der Waals surface area contributed by atoms with E-state index in [-0.39, 0.29) is 11.7 Å². The van der Waals surface area contributed by atoms with E-state index in [9.17, 15) is 14.0 Å². The van der Waals surface area contributed by atoms with E-state index in [1.807, 2.05) is 46.4 Å². The number of hydrogen-bond acceptors (Lipinski definition) is 5. The molecule has 32 heavy (non-hydrogen) atoms. The summed E-state index contributed by atoms with van der Waals surface area (Å²) in [5.74, 6) is -0.216. The smallest absolute Gasteiger partial charge is 0.166 e. The molecule has 2 aromatic heterocycles. The molecular weight excluding hydrogens is 409 g/mol. The van der Waals surface area contributed by atoms with E-state index in [1.165, 1.54) is 0 Å². The lowest BCUT2D eigenvalue weighted by atomic mass is 10.00. The van der Waals surface area contributed by atoms with E-state index in [1.54, 1.807) is 23.0 Å². The fraction of sp³-hybridized carbons (Fsp3) is 0.375.